The summed E-state index contributed by atoms with van der Waals surface area (Å²) in [7, 11) is 0. The lowest BCUT2D eigenvalue weighted by Crippen LogP contribution is -2.46. The molecule has 0 aromatic carbocycles. The molecule has 1 unspecified atom stereocenters. The Hall–Kier alpha value is -1.30. The van der Waals surface area contributed by atoms with Crippen molar-refractivity contribution in [3.05, 3.63) is 0 Å². The minimum absolute atomic E-state index is 0.0816. The van der Waals surface area contributed by atoms with Crippen LogP contribution in [-0.2, 0) is 9.53 Å². The highest BCUT2D eigenvalue weighted by atomic mass is 16.5. The minimum atomic E-state index is -0.751. The number of carbonyl (C=O) groups is 2. The van der Waals surface area contributed by atoms with Crippen molar-refractivity contribution >= 4 is 12.0 Å². The second-order valence-electron chi connectivity index (χ2n) is 5.26. The molecule has 0 aromatic rings. The van der Waals surface area contributed by atoms with Gasteiger partial charge in [-0.15, -0.1) is 0 Å². The van der Waals surface area contributed by atoms with Crippen LogP contribution in [0, 0.1) is 5.92 Å². The molecule has 2 fully saturated rings. The van der Waals surface area contributed by atoms with Crippen molar-refractivity contribution in [2.24, 2.45) is 5.92 Å². The maximum atomic E-state index is 11.9. The van der Waals surface area contributed by atoms with E-state index >= 15 is 0 Å². The monoisotopic (exact) mass is 270 g/mol. The van der Waals surface area contributed by atoms with Gasteiger partial charge in [-0.3, -0.25) is 4.79 Å². The van der Waals surface area contributed by atoms with Crippen molar-refractivity contribution in [1.29, 1.82) is 0 Å². The van der Waals surface area contributed by atoms with Gasteiger partial charge in [0.2, 0.25) is 0 Å². The van der Waals surface area contributed by atoms with E-state index in [9.17, 15) is 9.59 Å². The zero-order chi connectivity index (χ0) is 13.7. The molecule has 2 amide bonds. The van der Waals surface area contributed by atoms with Gasteiger partial charge < -0.3 is 20.1 Å². The van der Waals surface area contributed by atoms with Gasteiger partial charge in [0.1, 0.15) is 0 Å². The number of carboxylic acids is 1. The van der Waals surface area contributed by atoms with Gasteiger partial charge in [-0.25, -0.2) is 4.79 Å². The van der Waals surface area contributed by atoms with E-state index < -0.39 is 5.97 Å². The Morgan fingerprint density at radius 1 is 1.26 bits per heavy atom. The highest BCUT2D eigenvalue weighted by molar-refractivity contribution is 5.75. The molecule has 6 nitrogen and oxygen atoms in total. The van der Waals surface area contributed by atoms with Gasteiger partial charge in [-0.1, -0.05) is 0 Å². The van der Waals surface area contributed by atoms with Crippen LogP contribution < -0.4 is 5.32 Å². The van der Waals surface area contributed by atoms with Crippen LogP contribution in [0.1, 0.15) is 32.1 Å². The molecule has 0 spiro atoms. The number of rotatable bonds is 4. The quantitative estimate of drug-likeness (QED) is 0.800. The van der Waals surface area contributed by atoms with E-state index in [1.165, 1.54) is 0 Å². The largest absolute Gasteiger partial charge is 0.481 e. The van der Waals surface area contributed by atoms with Crippen molar-refractivity contribution in [2.45, 2.75) is 38.2 Å². The molecule has 0 bridgehead atoms. The van der Waals surface area contributed by atoms with Crippen LogP contribution in [0.3, 0.4) is 0 Å². The van der Waals surface area contributed by atoms with E-state index in [1.54, 1.807) is 4.90 Å². The van der Waals surface area contributed by atoms with Crippen molar-refractivity contribution < 1.29 is 19.4 Å². The zero-order valence-electron chi connectivity index (χ0n) is 11.1. The van der Waals surface area contributed by atoms with Crippen LogP contribution in [-0.4, -0.2) is 54.4 Å². The van der Waals surface area contributed by atoms with Crippen molar-refractivity contribution in [3.63, 3.8) is 0 Å². The SMILES string of the molecule is O=C(O)C1CCN(C(=O)NCCC2CCCO2)CC1. The topological polar surface area (TPSA) is 78.9 Å². The first-order chi connectivity index (χ1) is 9.16. The van der Waals surface area contributed by atoms with Gasteiger partial charge in [0.15, 0.2) is 0 Å². The second kappa shape index (κ2) is 6.75. The number of piperidine rings is 1. The molecule has 19 heavy (non-hydrogen) atoms. The van der Waals surface area contributed by atoms with Crippen molar-refractivity contribution in [2.75, 3.05) is 26.2 Å². The number of hydrogen-bond acceptors (Lipinski definition) is 3. The summed E-state index contributed by atoms with van der Waals surface area (Å²) in [6, 6.07) is -0.0816. The number of carbonyl (C=O) groups excluding carboxylic acids is 1. The minimum Gasteiger partial charge on any atom is -0.481 e. The van der Waals surface area contributed by atoms with Crippen LogP contribution in [0.5, 0.6) is 0 Å². The number of ether oxygens (including phenoxy) is 1. The van der Waals surface area contributed by atoms with E-state index in [1.807, 2.05) is 0 Å². The number of hydrogen-bond donors (Lipinski definition) is 2. The molecule has 0 aromatic heterocycles. The molecule has 2 N–H and O–H groups in total. The number of likely N-dealkylation sites (tertiary alicyclic amines) is 1. The van der Waals surface area contributed by atoms with Crippen LogP contribution in [0.25, 0.3) is 0 Å². The standard InChI is InChI=1S/C13H22N2O4/c16-12(17)10-4-7-15(8-5-10)13(18)14-6-3-11-2-1-9-19-11/h10-11H,1-9H2,(H,14,18)(H,16,17). The van der Waals surface area contributed by atoms with Gasteiger partial charge in [0, 0.05) is 26.2 Å². The number of nitrogens with zero attached hydrogens (tertiary/aromatic N) is 1. The van der Waals surface area contributed by atoms with Crippen LogP contribution in [0.15, 0.2) is 0 Å². The molecule has 2 heterocycles. The smallest absolute Gasteiger partial charge is 0.317 e. The molecule has 1 atom stereocenters. The van der Waals surface area contributed by atoms with Crippen LogP contribution in [0.4, 0.5) is 4.79 Å². The summed E-state index contributed by atoms with van der Waals surface area (Å²) in [4.78, 5) is 24.4. The Labute approximate surface area is 113 Å². The lowest BCUT2D eigenvalue weighted by molar-refractivity contribution is -0.143. The molecule has 2 saturated heterocycles. The van der Waals surface area contributed by atoms with Gasteiger partial charge in [0.05, 0.1) is 12.0 Å². The molecular formula is C13H22N2O4. The highest BCUT2D eigenvalue weighted by Gasteiger charge is 2.26. The fraction of sp³-hybridized carbons (Fsp3) is 0.846. The average Bonchev–Trinajstić information content (AvgIpc) is 2.92. The van der Waals surface area contributed by atoms with Gasteiger partial charge in [0.25, 0.3) is 0 Å². The Morgan fingerprint density at radius 3 is 2.58 bits per heavy atom. The first kappa shape index (κ1) is 14.1. The third-order valence-electron chi connectivity index (χ3n) is 3.90. The highest BCUT2D eigenvalue weighted by Crippen LogP contribution is 2.17. The van der Waals surface area contributed by atoms with Gasteiger partial charge in [-0.2, -0.15) is 0 Å². The third-order valence-corrected chi connectivity index (χ3v) is 3.90. The summed E-state index contributed by atoms with van der Waals surface area (Å²) in [5.74, 6) is -1.05. The van der Waals surface area contributed by atoms with Crippen molar-refractivity contribution in [3.8, 4) is 0 Å². The van der Waals surface area contributed by atoms with E-state index in [0.29, 0.717) is 32.5 Å². The Bertz CT molecular complexity index is 321. The normalized spacial score (nSPS) is 24.4. The van der Waals surface area contributed by atoms with E-state index in [-0.39, 0.29) is 18.1 Å². The van der Waals surface area contributed by atoms with Gasteiger partial charge in [-0.05, 0) is 32.1 Å². The Kier molecular flexibility index (Phi) is 5.01. The molecule has 6 heteroatoms. The molecule has 2 aliphatic heterocycles. The first-order valence-electron chi connectivity index (χ1n) is 7.04. The Balaban J connectivity index is 1.62. The predicted octanol–water partition coefficient (Wildman–Crippen LogP) is 1.06. The molecule has 2 aliphatic rings. The number of nitrogens with one attached hydrogen (secondary N) is 1. The summed E-state index contributed by atoms with van der Waals surface area (Å²) in [6.07, 6.45) is 4.44. The van der Waals surface area contributed by atoms with Crippen molar-refractivity contribution in [1.82, 2.24) is 10.2 Å². The van der Waals surface area contributed by atoms with Crippen LogP contribution in [0.2, 0.25) is 0 Å². The Morgan fingerprint density at radius 2 is 2.00 bits per heavy atom. The summed E-state index contributed by atoms with van der Waals surface area (Å²) in [6.45, 7) is 2.52. The van der Waals surface area contributed by atoms with Crippen LogP contribution >= 0.6 is 0 Å². The maximum absolute atomic E-state index is 11.9. The molecule has 0 aliphatic carbocycles. The molecular weight excluding hydrogens is 248 g/mol. The van der Waals surface area contributed by atoms with E-state index in [2.05, 4.69) is 5.32 Å². The lowest BCUT2D eigenvalue weighted by atomic mass is 9.97. The number of urea groups is 1. The van der Waals surface area contributed by atoms with Gasteiger partial charge >= 0.3 is 12.0 Å². The molecule has 2 rings (SSSR count). The molecule has 0 saturated carbocycles. The first-order valence-corrected chi connectivity index (χ1v) is 7.04. The number of aliphatic carboxylic acids is 1. The van der Waals surface area contributed by atoms with E-state index in [0.717, 1.165) is 25.9 Å². The fourth-order valence-corrected chi connectivity index (χ4v) is 2.65. The molecule has 0 radical (unpaired) electrons. The van der Waals surface area contributed by atoms with E-state index in [4.69, 9.17) is 9.84 Å². The maximum Gasteiger partial charge on any atom is 0.317 e. The zero-order valence-corrected chi connectivity index (χ0v) is 11.1. The lowest BCUT2D eigenvalue weighted by Gasteiger charge is -2.30. The third kappa shape index (κ3) is 4.09. The average molecular weight is 270 g/mol. The summed E-state index contributed by atoms with van der Waals surface area (Å²) in [5.41, 5.74) is 0. The predicted molar refractivity (Wildman–Crippen MR) is 68.9 cm³/mol. The second-order valence-corrected chi connectivity index (χ2v) is 5.26. The number of carboxylic acid groups (broad SMARTS) is 1. The summed E-state index contributed by atoms with van der Waals surface area (Å²) in [5, 5.41) is 11.8. The molecule has 108 valence electrons. The number of amides is 2. The summed E-state index contributed by atoms with van der Waals surface area (Å²) < 4.78 is 5.49. The fourth-order valence-electron chi connectivity index (χ4n) is 2.65. The summed E-state index contributed by atoms with van der Waals surface area (Å²) >= 11 is 0.